The summed E-state index contributed by atoms with van der Waals surface area (Å²) in [5.41, 5.74) is 3.62. The van der Waals surface area contributed by atoms with Crippen LogP contribution in [-0.2, 0) is 31.1 Å². The van der Waals surface area contributed by atoms with E-state index in [4.69, 9.17) is 4.74 Å². The van der Waals surface area contributed by atoms with Gasteiger partial charge in [0.25, 0.3) is 0 Å². The topological polar surface area (TPSA) is 131 Å². The van der Waals surface area contributed by atoms with Crippen LogP contribution in [0.5, 0.6) is 5.75 Å². The van der Waals surface area contributed by atoms with Gasteiger partial charge in [-0.05, 0) is 71.3 Å². The van der Waals surface area contributed by atoms with E-state index in [1.807, 2.05) is 109 Å². The summed E-state index contributed by atoms with van der Waals surface area (Å²) in [6, 6.07) is 41.1. The molecule has 0 aliphatic carbocycles. The predicted octanol–water partition coefficient (Wildman–Crippen LogP) is 6.29. The monoisotopic (exact) mass is 849 g/mol. The van der Waals surface area contributed by atoms with E-state index in [2.05, 4.69) is 49.1 Å². The minimum absolute atomic E-state index is 0.0473. The van der Waals surface area contributed by atoms with Gasteiger partial charge in [0.15, 0.2) is 0 Å². The lowest BCUT2D eigenvalue weighted by molar-refractivity contribution is -0.179. The number of aromatic nitrogens is 2. The maximum atomic E-state index is 15.9. The molecular weight excluding hydrogens is 803 g/mol. The number of phenolic OH excluding ortho intramolecular Hbond substituents is 1. The third kappa shape index (κ3) is 7.22. The third-order valence-corrected chi connectivity index (χ3v) is 13.1. The van der Waals surface area contributed by atoms with Gasteiger partial charge in [-0.2, -0.15) is 0 Å². The number of cyclic esters (lactones) is 1. The second-order valence-corrected chi connectivity index (χ2v) is 16.9. The van der Waals surface area contributed by atoms with Crippen molar-refractivity contribution in [1.29, 1.82) is 0 Å². The Morgan fingerprint density at radius 1 is 0.797 bits per heavy atom. The zero-order valence-electron chi connectivity index (χ0n) is 35.3. The average Bonchev–Trinajstić information content (AvgIpc) is 3.81. The Morgan fingerprint density at radius 3 is 2.14 bits per heavy atom. The summed E-state index contributed by atoms with van der Waals surface area (Å²) in [5, 5.41) is 13.8. The van der Waals surface area contributed by atoms with Crippen molar-refractivity contribution < 1.29 is 24.2 Å². The summed E-state index contributed by atoms with van der Waals surface area (Å²) in [7, 11) is 2.02. The van der Waals surface area contributed by atoms with Crippen LogP contribution in [0.2, 0.25) is 0 Å². The number of ether oxygens (including phenoxy) is 1. The number of anilines is 2. The molecule has 4 aliphatic rings. The van der Waals surface area contributed by atoms with Crippen LogP contribution in [0.15, 0.2) is 152 Å². The van der Waals surface area contributed by atoms with E-state index < -0.39 is 47.4 Å². The van der Waals surface area contributed by atoms with Crippen LogP contribution >= 0.6 is 0 Å². The number of piperazine rings is 1. The number of benzene rings is 5. The van der Waals surface area contributed by atoms with Gasteiger partial charge in [0.2, 0.25) is 17.8 Å². The number of fused-ring (bicyclic) bond motifs is 3. The highest BCUT2D eigenvalue weighted by molar-refractivity contribution is 6.12. The number of carbonyl (C=O) groups excluding carboxylic acids is 3. The molecule has 6 aromatic rings. The summed E-state index contributed by atoms with van der Waals surface area (Å²) < 4.78 is 6.59. The second-order valence-electron chi connectivity index (χ2n) is 16.9. The molecule has 4 aliphatic heterocycles. The zero-order valence-corrected chi connectivity index (χ0v) is 35.3. The maximum absolute atomic E-state index is 15.9. The molecule has 320 valence electrons. The standard InChI is InChI=1S/C52H47N7O5/c1-56(34-36-13-5-2-6-14-36)28-11-15-35-20-25-42-41(33-35)52(50(63)55-42)43(48(61)57-29-31-58(32-30-57)51-53-26-12-27-54-51)45-49(62)64-46(38-18-9-4-10-19-38)44(37-16-7-3-8-17-37)59(45)47(52)39-21-23-40(60)24-22-39/h2-10,12-14,16-27,33,43-47,60H,28-32,34H2,1H3,(H,55,63)/t43-,44-,45-,46+,47+,52-/m1/s1. The Balaban J connectivity index is 1.14. The van der Waals surface area contributed by atoms with Gasteiger partial charge in [0.05, 0.1) is 24.5 Å². The molecule has 2 N–H and O–H groups in total. The van der Waals surface area contributed by atoms with Crippen LogP contribution in [0.1, 0.15) is 51.6 Å². The van der Waals surface area contributed by atoms with E-state index in [1.54, 1.807) is 47.6 Å². The fraction of sp³-hybridized carbons (Fsp3) is 0.250. The van der Waals surface area contributed by atoms with E-state index in [1.165, 1.54) is 5.56 Å². The molecule has 0 bridgehead atoms. The average molecular weight is 850 g/mol. The molecule has 2 amide bonds. The highest BCUT2D eigenvalue weighted by Crippen LogP contribution is 2.65. The number of nitrogens with one attached hydrogen (secondary N) is 1. The molecule has 3 fully saturated rings. The van der Waals surface area contributed by atoms with Gasteiger partial charge in [-0.15, -0.1) is 0 Å². The molecule has 5 heterocycles. The van der Waals surface area contributed by atoms with Gasteiger partial charge in [-0.25, -0.2) is 9.97 Å². The van der Waals surface area contributed by atoms with E-state index in [-0.39, 0.29) is 11.7 Å². The number of carbonyl (C=O) groups is 3. The number of hydrogen-bond donors (Lipinski definition) is 2. The predicted molar refractivity (Wildman–Crippen MR) is 242 cm³/mol. The Morgan fingerprint density at radius 2 is 1.45 bits per heavy atom. The second kappa shape index (κ2) is 17.1. The Hall–Kier alpha value is -7.33. The quantitative estimate of drug-likeness (QED) is 0.133. The number of hydrogen-bond acceptors (Lipinski definition) is 10. The first-order valence-electron chi connectivity index (χ1n) is 21.7. The number of phenols is 1. The number of amides is 2. The van der Waals surface area contributed by atoms with Gasteiger partial charge in [0, 0.05) is 56.4 Å². The molecule has 5 aromatic carbocycles. The molecule has 12 heteroatoms. The van der Waals surface area contributed by atoms with Crippen LogP contribution in [0.3, 0.4) is 0 Å². The zero-order chi connectivity index (χ0) is 43.8. The van der Waals surface area contributed by atoms with Crippen LogP contribution in [-0.4, -0.2) is 93.4 Å². The maximum Gasteiger partial charge on any atom is 0.324 e. The van der Waals surface area contributed by atoms with Crippen LogP contribution < -0.4 is 10.2 Å². The lowest BCUT2D eigenvalue weighted by Gasteiger charge is -2.46. The Bertz CT molecular complexity index is 2720. The molecule has 12 nitrogen and oxygen atoms in total. The number of aromatic hydroxyl groups is 1. The first-order chi connectivity index (χ1) is 31.3. The van der Waals surface area contributed by atoms with Gasteiger partial charge < -0.3 is 25.0 Å². The molecule has 0 unspecified atom stereocenters. The summed E-state index contributed by atoms with van der Waals surface area (Å²) in [6.45, 7) is 2.78. The molecule has 0 saturated carbocycles. The van der Waals surface area contributed by atoms with E-state index in [9.17, 15) is 5.11 Å². The summed E-state index contributed by atoms with van der Waals surface area (Å²) >= 11 is 0. The first kappa shape index (κ1) is 40.7. The smallest absolute Gasteiger partial charge is 0.324 e. The molecule has 3 saturated heterocycles. The fourth-order valence-electron chi connectivity index (χ4n) is 10.3. The number of esters is 1. The summed E-state index contributed by atoms with van der Waals surface area (Å²) in [5.74, 6) is 4.77. The largest absolute Gasteiger partial charge is 0.508 e. The Kier molecular flexibility index (Phi) is 10.9. The van der Waals surface area contributed by atoms with Gasteiger partial charge in [-0.1, -0.05) is 115 Å². The van der Waals surface area contributed by atoms with Gasteiger partial charge in [-0.3, -0.25) is 24.2 Å². The van der Waals surface area contributed by atoms with Crippen molar-refractivity contribution >= 4 is 29.4 Å². The van der Waals surface area contributed by atoms with Crippen molar-refractivity contribution in [3.05, 3.63) is 185 Å². The fourth-order valence-corrected chi connectivity index (χ4v) is 10.3. The molecule has 6 atom stereocenters. The van der Waals surface area contributed by atoms with E-state index in [0.717, 1.165) is 17.7 Å². The highest BCUT2D eigenvalue weighted by Gasteiger charge is 2.74. The van der Waals surface area contributed by atoms with Gasteiger partial charge >= 0.3 is 5.97 Å². The number of nitrogens with zero attached hydrogens (tertiary/aromatic N) is 6. The minimum Gasteiger partial charge on any atom is -0.508 e. The Labute approximate surface area is 372 Å². The van der Waals surface area contributed by atoms with E-state index in [0.29, 0.717) is 61.0 Å². The summed E-state index contributed by atoms with van der Waals surface area (Å²) in [4.78, 5) is 63.6. The molecule has 1 aromatic heterocycles. The molecule has 64 heavy (non-hydrogen) atoms. The van der Waals surface area contributed by atoms with Crippen molar-refractivity contribution in [3.63, 3.8) is 0 Å². The minimum atomic E-state index is -1.66. The molecular formula is C52H47N7O5. The van der Waals surface area contributed by atoms with Gasteiger partial charge in [0.1, 0.15) is 23.3 Å². The molecule has 0 radical (unpaired) electrons. The number of rotatable bonds is 8. The molecule has 10 rings (SSSR count). The van der Waals surface area contributed by atoms with Crippen LogP contribution in [0.4, 0.5) is 11.6 Å². The summed E-state index contributed by atoms with van der Waals surface area (Å²) in [6.07, 6.45) is 2.60. The van der Waals surface area contributed by atoms with Crippen LogP contribution in [0, 0.1) is 17.8 Å². The van der Waals surface area contributed by atoms with Crippen molar-refractivity contribution in [2.24, 2.45) is 5.92 Å². The molecule has 1 spiro atoms. The highest BCUT2D eigenvalue weighted by atomic mass is 16.6. The lowest BCUT2D eigenvalue weighted by Crippen LogP contribution is -2.58. The van der Waals surface area contributed by atoms with Crippen molar-refractivity contribution in [2.45, 2.75) is 36.2 Å². The SMILES string of the molecule is CN(CC#Cc1ccc2c(c1)[C@]1(C(=O)N2)[C@H](c2ccc(O)cc2)N2[C@H](c3ccccc3)[C@H](c3ccccc3)OC(=O)[C@H]2[C@@H]1C(=O)N1CCN(c2ncccn2)CC1)Cc1ccccc1. The third-order valence-electron chi connectivity index (χ3n) is 13.1. The number of morpholine rings is 1. The van der Waals surface area contributed by atoms with E-state index >= 15 is 14.4 Å². The van der Waals surface area contributed by atoms with Crippen LogP contribution in [0.25, 0.3) is 0 Å². The normalized spacial score (nSPS) is 23.8. The lowest BCUT2D eigenvalue weighted by atomic mass is 9.65. The van der Waals surface area contributed by atoms with Crippen molar-refractivity contribution in [2.75, 3.05) is 50.0 Å². The first-order valence-corrected chi connectivity index (χ1v) is 21.7. The van der Waals surface area contributed by atoms with Crippen molar-refractivity contribution in [1.82, 2.24) is 24.7 Å². The van der Waals surface area contributed by atoms with Crippen molar-refractivity contribution in [3.8, 4) is 17.6 Å².